The molecule has 102 valence electrons. The Morgan fingerprint density at radius 1 is 1.32 bits per heavy atom. The quantitative estimate of drug-likeness (QED) is 0.716. The third-order valence-electron chi connectivity index (χ3n) is 2.76. The number of halogens is 1. The van der Waals surface area contributed by atoms with Crippen molar-refractivity contribution in [1.82, 2.24) is 10.6 Å². The van der Waals surface area contributed by atoms with Crippen molar-refractivity contribution in [1.29, 1.82) is 0 Å². The summed E-state index contributed by atoms with van der Waals surface area (Å²) in [6.07, 6.45) is 2.43. The van der Waals surface area contributed by atoms with Crippen LogP contribution in [0.3, 0.4) is 0 Å². The lowest BCUT2D eigenvalue weighted by atomic mass is 10.2. The topological polar surface area (TPSA) is 84.2 Å². The monoisotopic (exact) mass is 325 g/mol. The molecule has 1 aliphatic carbocycles. The van der Waals surface area contributed by atoms with E-state index in [-0.39, 0.29) is 11.8 Å². The van der Waals surface area contributed by atoms with Crippen LogP contribution in [0.4, 0.5) is 5.69 Å². The first-order valence-corrected chi connectivity index (χ1v) is 6.97. The number of carbonyl (C=O) groups is 2. The van der Waals surface area contributed by atoms with E-state index in [1.54, 1.807) is 18.2 Å². The summed E-state index contributed by atoms with van der Waals surface area (Å²) < 4.78 is 0.754. The molecule has 0 saturated heterocycles. The molecule has 0 heterocycles. The van der Waals surface area contributed by atoms with Crippen molar-refractivity contribution in [3.05, 3.63) is 28.2 Å². The van der Waals surface area contributed by atoms with Crippen LogP contribution in [0.15, 0.2) is 22.7 Å². The average molecular weight is 326 g/mol. The molecule has 2 rings (SSSR count). The van der Waals surface area contributed by atoms with Crippen LogP contribution >= 0.6 is 15.9 Å². The van der Waals surface area contributed by atoms with Crippen LogP contribution < -0.4 is 16.4 Å². The van der Waals surface area contributed by atoms with Crippen LogP contribution in [0.25, 0.3) is 0 Å². The normalized spacial score (nSPS) is 13.9. The van der Waals surface area contributed by atoms with E-state index >= 15 is 0 Å². The number of amides is 2. The lowest BCUT2D eigenvalue weighted by molar-refractivity contribution is -0.121. The van der Waals surface area contributed by atoms with Gasteiger partial charge in [-0.05, 0) is 31.0 Å². The van der Waals surface area contributed by atoms with Gasteiger partial charge in [0, 0.05) is 34.7 Å². The van der Waals surface area contributed by atoms with E-state index in [2.05, 4.69) is 26.6 Å². The lowest BCUT2D eigenvalue weighted by Crippen LogP contribution is -2.31. The van der Waals surface area contributed by atoms with Gasteiger partial charge in [-0.15, -0.1) is 0 Å². The Hall–Kier alpha value is -1.56. The van der Waals surface area contributed by atoms with Crippen LogP contribution in [0.5, 0.6) is 0 Å². The first-order valence-electron chi connectivity index (χ1n) is 6.18. The van der Waals surface area contributed by atoms with E-state index in [0.29, 0.717) is 30.3 Å². The zero-order chi connectivity index (χ0) is 13.8. The lowest BCUT2D eigenvalue weighted by Gasteiger charge is -2.07. The van der Waals surface area contributed by atoms with Crippen LogP contribution in [-0.2, 0) is 4.79 Å². The summed E-state index contributed by atoms with van der Waals surface area (Å²) in [5, 5.41) is 5.57. The Labute approximate surface area is 120 Å². The molecule has 0 bridgehead atoms. The summed E-state index contributed by atoms with van der Waals surface area (Å²) in [4.78, 5) is 23.3. The number of hydrogen-bond acceptors (Lipinski definition) is 3. The van der Waals surface area contributed by atoms with Crippen molar-refractivity contribution in [2.45, 2.75) is 25.3 Å². The fourth-order valence-electron chi connectivity index (χ4n) is 1.66. The summed E-state index contributed by atoms with van der Waals surface area (Å²) in [6.45, 7) is 0.323. The molecule has 1 aromatic carbocycles. The third-order valence-corrected chi connectivity index (χ3v) is 3.22. The molecular formula is C13H16BrN3O2. The molecule has 0 radical (unpaired) electrons. The Morgan fingerprint density at radius 3 is 2.68 bits per heavy atom. The number of nitrogens with one attached hydrogen (secondary N) is 2. The zero-order valence-electron chi connectivity index (χ0n) is 10.4. The van der Waals surface area contributed by atoms with Gasteiger partial charge in [-0.25, -0.2) is 0 Å². The number of carbonyl (C=O) groups excluding carboxylic acids is 2. The summed E-state index contributed by atoms with van der Waals surface area (Å²) in [7, 11) is 0. The summed E-state index contributed by atoms with van der Waals surface area (Å²) in [6, 6.07) is 5.37. The molecule has 0 aromatic heterocycles. The van der Waals surface area contributed by atoms with Gasteiger partial charge >= 0.3 is 0 Å². The van der Waals surface area contributed by atoms with Crippen molar-refractivity contribution in [3.8, 4) is 0 Å². The Bertz CT molecular complexity index is 480. The smallest absolute Gasteiger partial charge is 0.251 e. The number of hydrogen-bond donors (Lipinski definition) is 3. The van der Waals surface area contributed by atoms with Crippen LogP contribution in [0, 0.1) is 0 Å². The van der Waals surface area contributed by atoms with Crippen LogP contribution in [0.1, 0.15) is 29.6 Å². The Kier molecular flexibility index (Phi) is 4.42. The number of nitrogens with two attached hydrogens (primary N) is 1. The fraction of sp³-hybridized carbons (Fsp3) is 0.385. The standard InChI is InChI=1S/C13H16BrN3O2/c14-9-5-8(6-10(15)7-9)13(19)16-4-3-12(18)17-11-1-2-11/h5-7,11H,1-4,15H2,(H,16,19)(H,17,18). The minimum absolute atomic E-state index is 0.0171. The maximum atomic E-state index is 11.8. The maximum absolute atomic E-state index is 11.8. The largest absolute Gasteiger partial charge is 0.399 e. The average Bonchev–Trinajstić information content (AvgIpc) is 3.11. The van der Waals surface area contributed by atoms with Gasteiger partial charge in [0.05, 0.1) is 0 Å². The molecule has 1 aromatic rings. The van der Waals surface area contributed by atoms with E-state index in [0.717, 1.165) is 17.3 Å². The number of benzene rings is 1. The molecule has 0 atom stereocenters. The van der Waals surface area contributed by atoms with E-state index in [9.17, 15) is 9.59 Å². The minimum Gasteiger partial charge on any atom is -0.399 e. The van der Waals surface area contributed by atoms with E-state index in [1.807, 2.05) is 0 Å². The van der Waals surface area contributed by atoms with Gasteiger partial charge < -0.3 is 16.4 Å². The highest BCUT2D eigenvalue weighted by Gasteiger charge is 2.22. The van der Waals surface area contributed by atoms with Crippen molar-refractivity contribution < 1.29 is 9.59 Å². The molecule has 0 unspecified atom stereocenters. The third kappa shape index (κ3) is 4.55. The summed E-state index contributed by atoms with van der Waals surface area (Å²) >= 11 is 3.28. The van der Waals surface area contributed by atoms with Gasteiger partial charge in [-0.2, -0.15) is 0 Å². The molecule has 2 amide bonds. The van der Waals surface area contributed by atoms with Crippen molar-refractivity contribution in [2.24, 2.45) is 0 Å². The van der Waals surface area contributed by atoms with E-state index in [1.165, 1.54) is 0 Å². The molecular weight excluding hydrogens is 310 g/mol. The number of anilines is 1. The molecule has 1 saturated carbocycles. The van der Waals surface area contributed by atoms with Crippen molar-refractivity contribution in [3.63, 3.8) is 0 Å². The second kappa shape index (κ2) is 6.06. The van der Waals surface area contributed by atoms with Gasteiger partial charge in [-0.3, -0.25) is 9.59 Å². The van der Waals surface area contributed by atoms with Crippen molar-refractivity contribution >= 4 is 33.4 Å². The second-order valence-electron chi connectivity index (χ2n) is 4.62. The highest BCUT2D eigenvalue weighted by atomic mass is 79.9. The van der Waals surface area contributed by atoms with E-state index < -0.39 is 0 Å². The van der Waals surface area contributed by atoms with Crippen LogP contribution in [0.2, 0.25) is 0 Å². The fourth-order valence-corrected chi connectivity index (χ4v) is 2.17. The molecule has 6 heteroatoms. The predicted octanol–water partition coefficient (Wildman–Crippen LogP) is 1.43. The van der Waals surface area contributed by atoms with Gasteiger partial charge in [0.1, 0.15) is 0 Å². The van der Waals surface area contributed by atoms with Gasteiger partial charge in [0.25, 0.3) is 5.91 Å². The van der Waals surface area contributed by atoms with E-state index in [4.69, 9.17) is 5.73 Å². The van der Waals surface area contributed by atoms with Gasteiger partial charge in [0.15, 0.2) is 0 Å². The van der Waals surface area contributed by atoms with Crippen LogP contribution in [-0.4, -0.2) is 24.4 Å². The summed E-state index contributed by atoms with van der Waals surface area (Å²) in [5.41, 5.74) is 6.66. The van der Waals surface area contributed by atoms with Crippen molar-refractivity contribution in [2.75, 3.05) is 12.3 Å². The number of rotatable bonds is 5. The molecule has 1 fully saturated rings. The SMILES string of the molecule is Nc1cc(Br)cc(C(=O)NCCC(=O)NC2CC2)c1. The molecule has 0 aliphatic heterocycles. The highest BCUT2D eigenvalue weighted by molar-refractivity contribution is 9.10. The molecule has 4 N–H and O–H groups in total. The highest BCUT2D eigenvalue weighted by Crippen LogP contribution is 2.18. The maximum Gasteiger partial charge on any atom is 0.251 e. The minimum atomic E-state index is -0.229. The Balaban J connectivity index is 1.78. The summed E-state index contributed by atoms with van der Waals surface area (Å²) in [5.74, 6) is -0.247. The zero-order valence-corrected chi connectivity index (χ0v) is 12.0. The predicted molar refractivity (Wildman–Crippen MR) is 76.7 cm³/mol. The Morgan fingerprint density at radius 2 is 2.05 bits per heavy atom. The second-order valence-corrected chi connectivity index (χ2v) is 5.54. The molecule has 19 heavy (non-hydrogen) atoms. The number of nitrogen functional groups attached to an aromatic ring is 1. The first-order chi connectivity index (χ1) is 9.04. The van der Waals surface area contributed by atoms with Gasteiger partial charge in [0.2, 0.25) is 5.91 Å². The molecule has 5 nitrogen and oxygen atoms in total. The molecule has 0 spiro atoms. The molecule has 1 aliphatic rings. The van der Waals surface area contributed by atoms with Gasteiger partial charge in [-0.1, -0.05) is 15.9 Å². The first kappa shape index (κ1) is 13.9.